The maximum Gasteiger partial charge on any atom is 0.0706 e. The molecule has 1 saturated carbocycles. The predicted octanol–water partition coefficient (Wildman–Crippen LogP) is 4.01. The smallest absolute Gasteiger partial charge is 0.0706 e. The molecule has 2 N–H and O–H groups in total. The Hall–Kier alpha value is -1.12. The van der Waals surface area contributed by atoms with Gasteiger partial charge in [0.15, 0.2) is 0 Å². The van der Waals surface area contributed by atoms with Crippen molar-refractivity contribution in [2.45, 2.75) is 37.6 Å². The predicted molar refractivity (Wildman–Crippen MR) is 75.7 cm³/mol. The van der Waals surface area contributed by atoms with Gasteiger partial charge in [-0.1, -0.05) is 30.9 Å². The standard InChI is InChI=1S/C15H17ClN2/c16-11-4-5-14-12(10-11)13(6-9-18-14)15(17)7-2-1-3-8-15/h4-6,9-10H,1-3,7-8,17H2. The third-order valence-electron chi connectivity index (χ3n) is 3.99. The Morgan fingerprint density at radius 2 is 1.89 bits per heavy atom. The fourth-order valence-corrected chi connectivity index (χ4v) is 3.18. The van der Waals surface area contributed by atoms with Crippen molar-refractivity contribution in [2.24, 2.45) is 5.73 Å². The summed E-state index contributed by atoms with van der Waals surface area (Å²) in [5.41, 5.74) is 8.60. The molecular formula is C15H17ClN2. The molecule has 1 heterocycles. The van der Waals surface area contributed by atoms with Crippen LogP contribution in [0.25, 0.3) is 10.9 Å². The van der Waals surface area contributed by atoms with Gasteiger partial charge in [0.05, 0.1) is 5.52 Å². The first kappa shape index (κ1) is 11.9. The van der Waals surface area contributed by atoms with Gasteiger partial charge >= 0.3 is 0 Å². The van der Waals surface area contributed by atoms with Crippen LogP contribution in [0, 0.1) is 0 Å². The third-order valence-corrected chi connectivity index (χ3v) is 4.22. The number of nitrogens with zero attached hydrogens (tertiary/aromatic N) is 1. The number of fused-ring (bicyclic) bond motifs is 1. The molecule has 1 aromatic heterocycles. The second-order valence-electron chi connectivity index (χ2n) is 5.24. The summed E-state index contributed by atoms with van der Waals surface area (Å²) >= 11 is 6.11. The summed E-state index contributed by atoms with van der Waals surface area (Å²) in [5.74, 6) is 0. The molecular weight excluding hydrogens is 244 g/mol. The molecule has 0 atom stereocenters. The van der Waals surface area contributed by atoms with Gasteiger partial charge < -0.3 is 5.73 Å². The Balaban J connectivity index is 2.18. The number of halogens is 1. The molecule has 2 nitrogen and oxygen atoms in total. The largest absolute Gasteiger partial charge is 0.321 e. The van der Waals surface area contributed by atoms with Crippen molar-refractivity contribution in [3.8, 4) is 0 Å². The molecule has 0 amide bonds. The van der Waals surface area contributed by atoms with E-state index in [9.17, 15) is 0 Å². The van der Waals surface area contributed by atoms with Crippen molar-refractivity contribution in [3.05, 3.63) is 41.0 Å². The third kappa shape index (κ3) is 2.00. The van der Waals surface area contributed by atoms with Gasteiger partial charge in [0.2, 0.25) is 0 Å². The van der Waals surface area contributed by atoms with E-state index < -0.39 is 0 Å². The van der Waals surface area contributed by atoms with Crippen LogP contribution in [0.1, 0.15) is 37.7 Å². The number of benzene rings is 1. The van der Waals surface area contributed by atoms with E-state index in [2.05, 4.69) is 11.1 Å². The molecule has 0 spiro atoms. The van der Waals surface area contributed by atoms with Gasteiger partial charge in [-0.2, -0.15) is 0 Å². The molecule has 1 aliphatic rings. The maximum absolute atomic E-state index is 6.63. The van der Waals surface area contributed by atoms with Crippen LogP contribution in [0.15, 0.2) is 30.5 Å². The summed E-state index contributed by atoms with van der Waals surface area (Å²) < 4.78 is 0. The minimum atomic E-state index is -0.204. The van der Waals surface area contributed by atoms with Crippen LogP contribution >= 0.6 is 11.6 Å². The lowest BCUT2D eigenvalue weighted by atomic mass is 9.76. The van der Waals surface area contributed by atoms with E-state index in [1.54, 1.807) is 0 Å². The Bertz CT molecular complexity index is 574. The Labute approximate surface area is 112 Å². The van der Waals surface area contributed by atoms with E-state index in [4.69, 9.17) is 17.3 Å². The Morgan fingerprint density at radius 3 is 2.67 bits per heavy atom. The molecule has 0 saturated heterocycles. The normalized spacial score (nSPS) is 19.0. The minimum absolute atomic E-state index is 0.204. The number of aromatic nitrogens is 1. The number of hydrogen-bond acceptors (Lipinski definition) is 2. The highest BCUT2D eigenvalue weighted by atomic mass is 35.5. The van der Waals surface area contributed by atoms with Gasteiger partial charge in [-0.05, 0) is 42.7 Å². The number of pyridine rings is 1. The summed E-state index contributed by atoms with van der Waals surface area (Å²) in [6.45, 7) is 0. The van der Waals surface area contributed by atoms with E-state index in [0.29, 0.717) is 0 Å². The lowest BCUT2D eigenvalue weighted by Crippen LogP contribution is -2.38. The van der Waals surface area contributed by atoms with Gasteiger partial charge in [0, 0.05) is 22.1 Å². The molecule has 94 valence electrons. The van der Waals surface area contributed by atoms with Crippen LogP contribution in [0.2, 0.25) is 5.02 Å². The monoisotopic (exact) mass is 260 g/mol. The summed E-state index contributed by atoms with van der Waals surface area (Å²) in [5, 5.41) is 1.85. The first-order valence-electron chi connectivity index (χ1n) is 6.53. The van der Waals surface area contributed by atoms with E-state index >= 15 is 0 Å². The number of rotatable bonds is 1. The molecule has 0 radical (unpaired) electrons. The first-order chi connectivity index (χ1) is 8.69. The fourth-order valence-electron chi connectivity index (χ4n) is 3.00. The molecule has 3 rings (SSSR count). The molecule has 1 aliphatic carbocycles. The van der Waals surface area contributed by atoms with Crippen molar-refractivity contribution >= 4 is 22.5 Å². The van der Waals surface area contributed by atoms with Crippen molar-refractivity contribution in [1.29, 1.82) is 0 Å². The van der Waals surface area contributed by atoms with Crippen LogP contribution in [0.4, 0.5) is 0 Å². The molecule has 1 aromatic carbocycles. The summed E-state index contributed by atoms with van der Waals surface area (Å²) in [7, 11) is 0. The fraction of sp³-hybridized carbons (Fsp3) is 0.400. The summed E-state index contributed by atoms with van der Waals surface area (Å²) in [6, 6.07) is 7.89. The minimum Gasteiger partial charge on any atom is -0.321 e. The lowest BCUT2D eigenvalue weighted by molar-refractivity contribution is 0.304. The summed E-state index contributed by atoms with van der Waals surface area (Å²) in [6.07, 6.45) is 7.68. The zero-order valence-corrected chi connectivity index (χ0v) is 11.1. The molecule has 2 aromatic rings. The van der Waals surface area contributed by atoms with Crippen LogP contribution in [-0.4, -0.2) is 4.98 Å². The van der Waals surface area contributed by atoms with Crippen LogP contribution in [0.3, 0.4) is 0 Å². The number of hydrogen-bond donors (Lipinski definition) is 1. The van der Waals surface area contributed by atoms with Crippen LogP contribution in [0.5, 0.6) is 0 Å². The highest BCUT2D eigenvalue weighted by molar-refractivity contribution is 6.31. The van der Waals surface area contributed by atoms with E-state index in [1.165, 1.54) is 24.8 Å². The van der Waals surface area contributed by atoms with E-state index in [0.717, 1.165) is 28.8 Å². The summed E-state index contributed by atoms with van der Waals surface area (Å²) in [4.78, 5) is 4.39. The molecule has 3 heteroatoms. The van der Waals surface area contributed by atoms with E-state index in [-0.39, 0.29) is 5.54 Å². The highest BCUT2D eigenvalue weighted by Crippen LogP contribution is 2.38. The van der Waals surface area contributed by atoms with Gasteiger partial charge in [-0.15, -0.1) is 0 Å². The average molecular weight is 261 g/mol. The van der Waals surface area contributed by atoms with Gasteiger partial charge in [0.25, 0.3) is 0 Å². The van der Waals surface area contributed by atoms with Gasteiger partial charge in [0.1, 0.15) is 0 Å². The van der Waals surface area contributed by atoms with Crippen LogP contribution in [-0.2, 0) is 5.54 Å². The molecule has 0 aliphatic heterocycles. The molecule has 18 heavy (non-hydrogen) atoms. The van der Waals surface area contributed by atoms with E-state index in [1.807, 2.05) is 24.4 Å². The zero-order chi connectivity index (χ0) is 12.6. The number of nitrogens with two attached hydrogens (primary N) is 1. The van der Waals surface area contributed by atoms with Crippen LogP contribution < -0.4 is 5.73 Å². The first-order valence-corrected chi connectivity index (χ1v) is 6.90. The molecule has 0 bridgehead atoms. The van der Waals surface area contributed by atoms with Gasteiger partial charge in [-0.3, -0.25) is 4.98 Å². The Kier molecular flexibility index (Phi) is 3.00. The molecule has 0 unspecified atom stereocenters. The highest BCUT2D eigenvalue weighted by Gasteiger charge is 2.30. The SMILES string of the molecule is NC1(c2ccnc3ccc(Cl)cc23)CCCCC1. The zero-order valence-electron chi connectivity index (χ0n) is 10.3. The van der Waals surface area contributed by atoms with Crippen molar-refractivity contribution < 1.29 is 0 Å². The second kappa shape index (κ2) is 4.52. The second-order valence-corrected chi connectivity index (χ2v) is 5.67. The van der Waals surface area contributed by atoms with Gasteiger partial charge in [-0.25, -0.2) is 0 Å². The lowest BCUT2D eigenvalue weighted by Gasteiger charge is -2.34. The van der Waals surface area contributed by atoms with Crippen molar-refractivity contribution in [1.82, 2.24) is 4.98 Å². The topological polar surface area (TPSA) is 38.9 Å². The maximum atomic E-state index is 6.63. The molecule has 1 fully saturated rings. The van der Waals surface area contributed by atoms with Crippen molar-refractivity contribution in [3.63, 3.8) is 0 Å². The average Bonchev–Trinajstić information content (AvgIpc) is 2.38. The van der Waals surface area contributed by atoms with Crippen molar-refractivity contribution in [2.75, 3.05) is 0 Å². The Morgan fingerprint density at radius 1 is 1.11 bits per heavy atom. The quantitative estimate of drug-likeness (QED) is 0.842.